The predicted molar refractivity (Wildman–Crippen MR) is 92.8 cm³/mol. The summed E-state index contributed by atoms with van der Waals surface area (Å²) in [5, 5.41) is 12.3. The van der Waals surface area contributed by atoms with Gasteiger partial charge < -0.3 is 9.88 Å². The Balaban J connectivity index is 1.60. The molecule has 1 N–H and O–H groups in total. The lowest BCUT2D eigenvalue weighted by Gasteiger charge is -2.09. The molecule has 0 saturated heterocycles. The highest BCUT2D eigenvalue weighted by Gasteiger charge is 2.16. The lowest BCUT2D eigenvalue weighted by atomic mass is 10.1. The van der Waals surface area contributed by atoms with Gasteiger partial charge in [0.2, 0.25) is 5.91 Å². The summed E-state index contributed by atoms with van der Waals surface area (Å²) < 4.78 is 2.17. The van der Waals surface area contributed by atoms with Crippen LogP contribution in [0.5, 0.6) is 0 Å². The second-order valence-electron chi connectivity index (χ2n) is 6.02. The Morgan fingerprint density at radius 3 is 2.96 bits per heavy atom. The number of amides is 1. The quantitative estimate of drug-likeness (QED) is 0.873. The number of benzene rings is 1. The molecule has 0 aliphatic carbocycles. The summed E-state index contributed by atoms with van der Waals surface area (Å²) in [6.07, 6.45) is 4.56. The van der Waals surface area contributed by atoms with Crippen LogP contribution in [0.1, 0.15) is 36.2 Å². The van der Waals surface area contributed by atoms with Crippen molar-refractivity contribution in [3.05, 3.63) is 35.2 Å². The number of hydrogen-bond acceptors (Lipinski definition) is 4. The number of aromatic nitrogens is 3. The van der Waals surface area contributed by atoms with Crippen molar-refractivity contribution >= 4 is 23.4 Å². The van der Waals surface area contributed by atoms with Crippen LogP contribution in [0.15, 0.2) is 23.4 Å². The topological polar surface area (TPSA) is 59.8 Å². The normalized spacial score (nSPS) is 14.2. The van der Waals surface area contributed by atoms with E-state index in [9.17, 15) is 4.79 Å². The lowest BCUT2D eigenvalue weighted by Crippen LogP contribution is -2.15. The molecule has 23 heavy (non-hydrogen) atoms. The summed E-state index contributed by atoms with van der Waals surface area (Å²) in [4.78, 5) is 12.2. The van der Waals surface area contributed by atoms with Crippen LogP contribution in [0.2, 0.25) is 0 Å². The number of nitrogens with one attached hydrogen (secondary N) is 1. The number of thioether (sulfide) groups is 1. The van der Waals surface area contributed by atoms with Crippen molar-refractivity contribution in [2.75, 3.05) is 11.1 Å². The summed E-state index contributed by atoms with van der Waals surface area (Å²) in [5.74, 6) is 1.40. The van der Waals surface area contributed by atoms with Gasteiger partial charge in [-0.25, -0.2) is 0 Å². The maximum absolute atomic E-state index is 12.2. The highest BCUT2D eigenvalue weighted by Crippen LogP contribution is 2.22. The smallest absolute Gasteiger partial charge is 0.234 e. The number of nitrogens with zero attached hydrogens (tertiary/aromatic N) is 3. The van der Waals surface area contributed by atoms with Gasteiger partial charge in [-0.3, -0.25) is 4.79 Å². The third-order valence-electron chi connectivity index (χ3n) is 4.06. The Kier molecular flexibility index (Phi) is 5.00. The van der Waals surface area contributed by atoms with Gasteiger partial charge in [0, 0.05) is 18.7 Å². The second-order valence-corrected chi connectivity index (χ2v) is 6.96. The first-order chi connectivity index (χ1) is 11.1. The van der Waals surface area contributed by atoms with Gasteiger partial charge in [-0.1, -0.05) is 35.9 Å². The first kappa shape index (κ1) is 16.1. The van der Waals surface area contributed by atoms with Crippen molar-refractivity contribution in [2.24, 2.45) is 0 Å². The van der Waals surface area contributed by atoms with E-state index in [2.05, 4.69) is 26.1 Å². The summed E-state index contributed by atoms with van der Waals surface area (Å²) in [5.41, 5.74) is 3.15. The van der Waals surface area contributed by atoms with E-state index in [1.807, 2.05) is 26.0 Å². The highest BCUT2D eigenvalue weighted by atomic mass is 32.2. The number of aryl methyl sites for hydroxylation is 3. The van der Waals surface area contributed by atoms with E-state index < -0.39 is 0 Å². The van der Waals surface area contributed by atoms with Crippen LogP contribution in [-0.4, -0.2) is 26.4 Å². The van der Waals surface area contributed by atoms with Gasteiger partial charge in [0.05, 0.1) is 5.75 Å². The molecule has 0 unspecified atom stereocenters. The van der Waals surface area contributed by atoms with Gasteiger partial charge in [-0.05, 0) is 38.3 Å². The molecule has 1 aromatic carbocycles. The van der Waals surface area contributed by atoms with E-state index in [0.717, 1.165) is 41.6 Å². The third-order valence-corrected chi connectivity index (χ3v) is 5.03. The van der Waals surface area contributed by atoms with E-state index in [4.69, 9.17) is 0 Å². The van der Waals surface area contributed by atoms with E-state index in [1.165, 1.54) is 30.2 Å². The maximum Gasteiger partial charge on any atom is 0.234 e. The zero-order valence-electron chi connectivity index (χ0n) is 13.6. The van der Waals surface area contributed by atoms with Gasteiger partial charge in [0.25, 0.3) is 0 Å². The average Bonchev–Trinajstić information content (AvgIpc) is 2.75. The fourth-order valence-corrected chi connectivity index (χ4v) is 3.62. The van der Waals surface area contributed by atoms with Crippen LogP contribution in [0.4, 0.5) is 5.69 Å². The maximum atomic E-state index is 12.2. The second kappa shape index (κ2) is 7.17. The van der Waals surface area contributed by atoms with Crippen molar-refractivity contribution < 1.29 is 4.79 Å². The molecule has 0 bridgehead atoms. The number of hydrogen-bond donors (Lipinski definition) is 1. The first-order valence-electron chi connectivity index (χ1n) is 8.05. The fourth-order valence-electron chi connectivity index (χ4n) is 2.84. The van der Waals surface area contributed by atoms with Crippen molar-refractivity contribution in [1.82, 2.24) is 14.8 Å². The monoisotopic (exact) mass is 330 g/mol. The van der Waals surface area contributed by atoms with Crippen LogP contribution in [0, 0.1) is 13.8 Å². The molecular formula is C17H22N4OS. The van der Waals surface area contributed by atoms with E-state index in [1.54, 1.807) is 0 Å². The summed E-state index contributed by atoms with van der Waals surface area (Å²) >= 11 is 1.46. The molecule has 6 heteroatoms. The number of rotatable bonds is 4. The molecule has 5 nitrogen and oxygen atoms in total. The Morgan fingerprint density at radius 2 is 2.13 bits per heavy atom. The Hall–Kier alpha value is -1.82. The SMILES string of the molecule is Cc1ccc(NC(=O)CSc2nnc3n2CCCCC3)c(C)c1. The Labute approximate surface area is 140 Å². The minimum absolute atomic E-state index is 0.00655. The molecule has 1 aromatic heterocycles. The standard InChI is InChI=1S/C17H22N4OS/c1-12-7-8-14(13(2)10-12)18-16(22)11-23-17-20-19-15-6-4-3-5-9-21(15)17/h7-8,10H,3-6,9,11H2,1-2H3,(H,18,22). The fraction of sp³-hybridized carbons (Fsp3) is 0.471. The molecule has 3 rings (SSSR count). The average molecular weight is 330 g/mol. The number of fused-ring (bicyclic) bond motifs is 1. The number of anilines is 1. The van der Waals surface area contributed by atoms with Gasteiger partial charge in [-0.2, -0.15) is 0 Å². The molecule has 0 spiro atoms. The predicted octanol–water partition coefficient (Wildman–Crippen LogP) is 3.35. The summed E-state index contributed by atoms with van der Waals surface area (Å²) in [7, 11) is 0. The molecule has 2 aromatic rings. The minimum atomic E-state index is -0.00655. The molecule has 122 valence electrons. The Bertz CT molecular complexity index is 711. The van der Waals surface area contributed by atoms with Crippen LogP contribution < -0.4 is 5.32 Å². The molecule has 0 fully saturated rings. The molecule has 0 saturated carbocycles. The molecule has 1 aliphatic rings. The molecule has 0 atom stereocenters. The van der Waals surface area contributed by atoms with Crippen molar-refractivity contribution in [3.63, 3.8) is 0 Å². The lowest BCUT2D eigenvalue weighted by molar-refractivity contribution is -0.113. The highest BCUT2D eigenvalue weighted by molar-refractivity contribution is 7.99. The molecule has 1 amide bonds. The van der Waals surface area contributed by atoms with Gasteiger partial charge in [0.15, 0.2) is 5.16 Å². The molecule has 0 radical (unpaired) electrons. The summed E-state index contributed by atoms with van der Waals surface area (Å²) in [6.45, 7) is 5.02. The van der Waals surface area contributed by atoms with Crippen molar-refractivity contribution in [2.45, 2.75) is 51.2 Å². The minimum Gasteiger partial charge on any atom is -0.325 e. The molecule has 1 aliphatic heterocycles. The van der Waals surface area contributed by atoms with E-state index in [-0.39, 0.29) is 5.91 Å². The van der Waals surface area contributed by atoms with E-state index in [0.29, 0.717) is 5.75 Å². The molecule has 2 heterocycles. The molecular weight excluding hydrogens is 308 g/mol. The number of carbonyl (C=O) groups excluding carboxylic acids is 1. The van der Waals surface area contributed by atoms with Crippen LogP contribution in [0.3, 0.4) is 0 Å². The third kappa shape index (κ3) is 3.93. The summed E-state index contributed by atoms with van der Waals surface area (Å²) in [6, 6.07) is 6.03. The van der Waals surface area contributed by atoms with Gasteiger partial charge in [-0.15, -0.1) is 10.2 Å². The van der Waals surface area contributed by atoms with Crippen LogP contribution in [0.25, 0.3) is 0 Å². The zero-order valence-corrected chi connectivity index (χ0v) is 14.4. The van der Waals surface area contributed by atoms with Crippen LogP contribution >= 0.6 is 11.8 Å². The Morgan fingerprint density at radius 1 is 1.26 bits per heavy atom. The van der Waals surface area contributed by atoms with Crippen LogP contribution in [-0.2, 0) is 17.8 Å². The number of carbonyl (C=O) groups is 1. The zero-order chi connectivity index (χ0) is 16.2. The van der Waals surface area contributed by atoms with Gasteiger partial charge in [0.1, 0.15) is 5.82 Å². The van der Waals surface area contributed by atoms with E-state index >= 15 is 0 Å². The first-order valence-corrected chi connectivity index (χ1v) is 9.04. The van der Waals surface area contributed by atoms with Crippen molar-refractivity contribution in [1.29, 1.82) is 0 Å². The van der Waals surface area contributed by atoms with Crippen molar-refractivity contribution in [3.8, 4) is 0 Å². The van der Waals surface area contributed by atoms with Gasteiger partial charge >= 0.3 is 0 Å². The largest absolute Gasteiger partial charge is 0.325 e.